The van der Waals surface area contributed by atoms with Crippen molar-refractivity contribution in [3.63, 3.8) is 0 Å². The van der Waals surface area contributed by atoms with Crippen LogP contribution in [-0.2, 0) is 4.79 Å². The molecule has 5 nitrogen and oxygen atoms in total. The number of benzene rings is 1. The molecule has 0 radical (unpaired) electrons. The number of carboxylic acids is 1. The summed E-state index contributed by atoms with van der Waals surface area (Å²) < 4.78 is 37.2. The summed E-state index contributed by atoms with van der Waals surface area (Å²) >= 11 is 0. The summed E-state index contributed by atoms with van der Waals surface area (Å²) in [7, 11) is 0. The standard InChI is InChI=1S/C13H15F3N2O3/c1-8-3-4-9(2)10(5-8)17-12(21)18(6-11(19)20)7-13(14,15)16/h3-5H,6-7H2,1-2H3,(H,17,21)(H,19,20). The van der Waals surface area contributed by atoms with Gasteiger partial charge in [-0.2, -0.15) is 13.2 Å². The fourth-order valence-corrected chi connectivity index (χ4v) is 1.64. The van der Waals surface area contributed by atoms with Crippen molar-refractivity contribution in [2.75, 3.05) is 18.4 Å². The SMILES string of the molecule is Cc1ccc(C)c(NC(=O)N(CC(=O)O)CC(F)(F)F)c1. The van der Waals surface area contributed by atoms with Crippen molar-refractivity contribution < 1.29 is 27.9 Å². The smallest absolute Gasteiger partial charge is 0.406 e. The fraction of sp³-hybridized carbons (Fsp3) is 0.385. The topological polar surface area (TPSA) is 69.6 Å². The average Bonchev–Trinajstić information content (AvgIpc) is 2.30. The summed E-state index contributed by atoms with van der Waals surface area (Å²) in [4.78, 5) is 22.6. The van der Waals surface area contributed by atoms with Gasteiger partial charge in [-0.25, -0.2) is 4.79 Å². The summed E-state index contributed by atoms with van der Waals surface area (Å²) in [6, 6.07) is 3.98. The molecule has 0 saturated heterocycles. The van der Waals surface area contributed by atoms with E-state index in [9.17, 15) is 22.8 Å². The molecule has 0 aliphatic heterocycles. The van der Waals surface area contributed by atoms with Crippen LogP contribution in [0.5, 0.6) is 0 Å². The van der Waals surface area contributed by atoms with Crippen molar-refractivity contribution in [3.8, 4) is 0 Å². The van der Waals surface area contributed by atoms with Gasteiger partial charge in [-0.15, -0.1) is 0 Å². The van der Waals surface area contributed by atoms with Crippen LogP contribution >= 0.6 is 0 Å². The van der Waals surface area contributed by atoms with Crippen LogP contribution < -0.4 is 5.32 Å². The Morgan fingerprint density at radius 1 is 1.29 bits per heavy atom. The van der Waals surface area contributed by atoms with Gasteiger partial charge in [-0.05, 0) is 31.0 Å². The lowest BCUT2D eigenvalue weighted by Crippen LogP contribution is -2.44. The Hall–Kier alpha value is -2.25. The van der Waals surface area contributed by atoms with E-state index in [1.807, 2.05) is 0 Å². The molecule has 116 valence electrons. The van der Waals surface area contributed by atoms with E-state index >= 15 is 0 Å². The number of carbonyl (C=O) groups is 2. The second-order valence-corrected chi connectivity index (χ2v) is 4.61. The number of aliphatic carboxylic acids is 1. The number of amides is 2. The van der Waals surface area contributed by atoms with Gasteiger partial charge in [0.25, 0.3) is 0 Å². The summed E-state index contributed by atoms with van der Waals surface area (Å²) in [5.41, 5.74) is 1.82. The van der Waals surface area contributed by atoms with E-state index in [-0.39, 0.29) is 4.90 Å². The Labute approximate surface area is 119 Å². The number of hydrogen-bond donors (Lipinski definition) is 2. The quantitative estimate of drug-likeness (QED) is 0.898. The van der Waals surface area contributed by atoms with E-state index < -0.39 is 31.3 Å². The van der Waals surface area contributed by atoms with E-state index in [1.54, 1.807) is 32.0 Å². The zero-order valence-corrected chi connectivity index (χ0v) is 11.5. The molecule has 0 fully saturated rings. The highest BCUT2D eigenvalue weighted by Crippen LogP contribution is 2.19. The summed E-state index contributed by atoms with van der Waals surface area (Å²) in [5.74, 6) is -1.52. The molecule has 1 aromatic rings. The molecule has 0 atom stereocenters. The van der Waals surface area contributed by atoms with Gasteiger partial charge in [-0.3, -0.25) is 4.79 Å². The molecule has 0 aliphatic carbocycles. The average molecular weight is 304 g/mol. The van der Waals surface area contributed by atoms with Crippen molar-refractivity contribution in [3.05, 3.63) is 29.3 Å². The van der Waals surface area contributed by atoms with E-state index in [2.05, 4.69) is 5.32 Å². The normalized spacial score (nSPS) is 11.1. The number of carboxylic acid groups (broad SMARTS) is 1. The Morgan fingerprint density at radius 3 is 2.43 bits per heavy atom. The molecule has 0 aromatic heterocycles. The minimum Gasteiger partial charge on any atom is -0.480 e. The number of anilines is 1. The first kappa shape index (κ1) is 16.8. The summed E-state index contributed by atoms with van der Waals surface area (Å²) in [6.45, 7) is 0.784. The number of urea groups is 1. The maximum absolute atomic E-state index is 12.4. The summed E-state index contributed by atoms with van der Waals surface area (Å²) in [5, 5.41) is 10.9. The third-order valence-electron chi connectivity index (χ3n) is 2.62. The number of alkyl halides is 3. The second kappa shape index (κ2) is 6.47. The van der Waals surface area contributed by atoms with Crippen LogP contribution in [0, 0.1) is 13.8 Å². The molecule has 21 heavy (non-hydrogen) atoms. The first-order chi connectivity index (χ1) is 9.58. The van der Waals surface area contributed by atoms with Crippen molar-refractivity contribution >= 4 is 17.7 Å². The molecule has 0 saturated carbocycles. The van der Waals surface area contributed by atoms with Gasteiger partial charge >= 0.3 is 18.2 Å². The highest BCUT2D eigenvalue weighted by atomic mass is 19.4. The van der Waals surface area contributed by atoms with Crippen LogP contribution in [0.3, 0.4) is 0 Å². The Balaban J connectivity index is 2.89. The lowest BCUT2D eigenvalue weighted by atomic mass is 10.1. The van der Waals surface area contributed by atoms with Crippen molar-refractivity contribution in [2.45, 2.75) is 20.0 Å². The first-order valence-electron chi connectivity index (χ1n) is 6.00. The number of halogens is 3. The number of aryl methyl sites for hydroxylation is 2. The predicted molar refractivity (Wildman–Crippen MR) is 70.2 cm³/mol. The second-order valence-electron chi connectivity index (χ2n) is 4.61. The number of hydrogen-bond acceptors (Lipinski definition) is 2. The Morgan fingerprint density at radius 2 is 1.90 bits per heavy atom. The lowest BCUT2D eigenvalue weighted by Gasteiger charge is -2.23. The number of rotatable bonds is 4. The Bertz CT molecular complexity index is 544. The molecule has 8 heteroatoms. The molecule has 1 aromatic carbocycles. The monoisotopic (exact) mass is 304 g/mol. The molecule has 2 N–H and O–H groups in total. The lowest BCUT2D eigenvalue weighted by molar-refractivity contribution is -0.148. The van der Waals surface area contributed by atoms with Crippen molar-refractivity contribution in [2.24, 2.45) is 0 Å². The molecule has 0 unspecified atom stereocenters. The fourth-order valence-electron chi connectivity index (χ4n) is 1.64. The van der Waals surface area contributed by atoms with Gasteiger partial charge < -0.3 is 15.3 Å². The van der Waals surface area contributed by atoms with Crippen LogP contribution in [-0.4, -0.2) is 41.3 Å². The van der Waals surface area contributed by atoms with E-state index in [0.717, 1.165) is 5.56 Å². The third-order valence-corrected chi connectivity index (χ3v) is 2.62. The highest BCUT2D eigenvalue weighted by Gasteiger charge is 2.34. The predicted octanol–water partition coefficient (Wildman–Crippen LogP) is 2.78. The Kier molecular flexibility index (Phi) is 5.17. The van der Waals surface area contributed by atoms with Crippen LogP contribution in [0.2, 0.25) is 0 Å². The first-order valence-corrected chi connectivity index (χ1v) is 6.00. The van der Waals surface area contributed by atoms with Crippen LogP contribution in [0.15, 0.2) is 18.2 Å². The van der Waals surface area contributed by atoms with E-state index in [0.29, 0.717) is 11.3 Å². The van der Waals surface area contributed by atoms with Gasteiger partial charge in [0.05, 0.1) is 0 Å². The van der Waals surface area contributed by atoms with Crippen molar-refractivity contribution in [1.29, 1.82) is 0 Å². The zero-order valence-electron chi connectivity index (χ0n) is 11.5. The molecule has 0 bridgehead atoms. The van der Waals surface area contributed by atoms with Crippen LogP contribution in [0.1, 0.15) is 11.1 Å². The number of nitrogens with one attached hydrogen (secondary N) is 1. The van der Waals surface area contributed by atoms with E-state index in [4.69, 9.17) is 5.11 Å². The van der Waals surface area contributed by atoms with Gasteiger partial charge in [-0.1, -0.05) is 12.1 Å². The largest absolute Gasteiger partial charge is 0.480 e. The maximum atomic E-state index is 12.4. The molecule has 0 heterocycles. The van der Waals surface area contributed by atoms with Gasteiger partial charge in [0, 0.05) is 5.69 Å². The summed E-state index contributed by atoms with van der Waals surface area (Å²) in [6.07, 6.45) is -4.67. The molecule has 2 amide bonds. The molecule has 0 spiro atoms. The van der Waals surface area contributed by atoms with Crippen molar-refractivity contribution in [1.82, 2.24) is 4.90 Å². The minimum absolute atomic E-state index is 0.199. The molecular weight excluding hydrogens is 289 g/mol. The van der Waals surface area contributed by atoms with Gasteiger partial charge in [0.2, 0.25) is 0 Å². The van der Waals surface area contributed by atoms with Crippen LogP contribution in [0.25, 0.3) is 0 Å². The van der Waals surface area contributed by atoms with Crippen LogP contribution in [0.4, 0.5) is 23.7 Å². The minimum atomic E-state index is -4.67. The molecule has 0 aliphatic rings. The zero-order chi connectivity index (χ0) is 16.2. The highest BCUT2D eigenvalue weighted by molar-refractivity contribution is 5.92. The van der Waals surface area contributed by atoms with Gasteiger partial charge in [0.1, 0.15) is 13.1 Å². The molecule has 1 rings (SSSR count). The molecular formula is C13H15F3N2O3. The third kappa shape index (κ3) is 5.72. The van der Waals surface area contributed by atoms with Gasteiger partial charge in [0.15, 0.2) is 0 Å². The van der Waals surface area contributed by atoms with E-state index in [1.165, 1.54) is 0 Å². The number of nitrogens with zero attached hydrogens (tertiary/aromatic N) is 1. The number of carbonyl (C=O) groups excluding carboxylic acids is 1. The maximum Gasteiger partial charge on any atom is 0.406 e.